The van der Waals surface area contributed by atoms with Gasteiger partial charge in [0.05, 0.1) is 17.6 Å². The molecule has 9 heteroatoms. The third kappa shape index (κ3) is 3.67. The zero-order chi connectivity index (χ0) is 20.4. The number of fused-ring (bicyclic) bond motifs is 2. The van der Waals surface area contributed by atoms with E-state index in [2.05, 4.69) is 27.7 Å². The molecule has 0 bridgehead atoms. The molecule has 2 atom stereocenters. The van der Waals surface area contributed by atoms with Crippen molar-refractivity contribution in [3.05, 3.63) is 17.7 Å². The van der Waals surface area contributed by atoms with E-state index in [1.165, 1.54) is 0 Å². The summed E-state index contributed by atoms with van der Waals surface area (Å²) in [5, 5.41) is 0. The van der Waals surface area contributed by atoms with E-state index in [0.29, 0.717) is 38.5 Å². The number of hydrogen-bond donors (Lipinski definition) is 3. The lowest BCUT2D eigenvalue weighted by Crippen LogP contribution is -2.60. The van der Waals surface area contributed by atoms with Gasteiger partial charge >= 0.3 is 0 Å². The van der Waals surface area contributed by atoms with Crippen LogP contribution in [0.15, 0.2) is 6.33 Å². The largest absolute Gasteiger partial charge is 0.375 e. The Hall–Kier alpha value is -1.97. The number of ether oxygens (including phenoxy) is 1. The zero-order valence-electron chi connectivity index (χ0n) is 17.4. The SMILES string of the molecule is CCCC1CC(C(=O)N2CCC3(CC2)c2nc[nH]c2CCN3C(=O)COC)NN1. The maximum Gasteiger partial charge on any atom is 0.249 e. The van der Waals surface area contributed by atoms with E-state index in [1.807, 2.05) is 9.80 Å². The molecule has 29 heavy (non-hydrogen) atoms. The predicted octanol–water partition coefficient (Wildman–Crippen LogP) is 0.294. The molecule has 4 rings (SSSR count). The molecule has 0 saturated carbocycles. The molecule has 3 N–H and O–H groups in total. The first kappa shape index (κ1) is 20.3. The smallest absolute Gasteiger partial charge is 0.249 e. The van der Waals surface area contributed by atoms with E-state index in [-0.39, 0.29) is 24.5 Å². The minimum atomic E-state index is -0.452. The number of likely N-dealkylation sites (tertiary alicyclic amines) is 1. The van der Waals surface area contributed by atoms with E-state index in [4.69, 9.17) is 4.74 Å². The lowest BCUT2D eigenvalue weighted by atomic mass is 9.78. The fraction of sp³-hybridized carbons (Fsp3) is 0.750. The number of carbonyl (C=O) groups excluding carboxylic acids is 2. The van der Waals surface area contributed by atoms with Crippen molar-refractivity contribution >= 4 is 11.8 Å². The quantitative estimate of drug-likeness (QED) is 0.652. The van der Waals surface area contributed by atoms with Crippen LogP contribution in [-0.4, -0.2) is 77.0 Å². The van der Waals surface area contributed by atoms with Gasteiger partial charge in [-0.05, 0) is 25.7 Å². The number of hydrogen-bond acceptors (Lipinski definition) is 6. The first-order valence-electron chi connectivity index (χ1n) is 10.7. The number of nitrogens with zero attached hydrogens (tertiary/aromatic N) is 3. The molecule has 9 nitrogen and oxygen atoms in total. The number of amides is 2. The van der Waals surface area contributed by atoms with Gasteiger partial charge < -0.3 is 19.5 Å². The average Bonchev–Trinajstić information content (AvgIpc) is 3.39. The Morgan fingerprint density at radius 2 is 2.07 bits per heavy atom. The number of nitrogens with one attached hydrogen (secondary N) is 3. The Labute approximate surface area is 171 Å². The Balaban J connectivity index is 1.47. The van der Waals surface area contributed by atoms with Gasteiger partial charge in [-0.15, -0.1) is 0 Å². The number of aromatic amines is 1. The molecule has 2 fully saturated rings. The number of rotatable bonds is 5. The number of carbonyl (C=O) groups is 2. The topological polar surface area (TPSA) is 103 Å². The van der Waals surface area contributed by atoms with Crippen LogP contribution in [0, 0.1) is 0 Å². The summed E-state index contributed by atoms with van der Waals surface area (Å²) in [5.41, 5.74) is 8.04. The number of methoxy groups -OCH3 is 1. The van der Waals surface area contributed by atoms with Crippen molar-refractivity contribution in [1.29, 1.82) is 0 Å². The molecule has 2 unspecified atom stereocenters. The summed E-state index contributed by atoms with van der Waals surface area (Å²) in [5.74, 6) is 0.142. The molecular formula is C20H32N6O3. The highest BCUT2D eigenvalue weighted by atomic mass is 16.5. The number of hydrazine groups is 1. The van der Waals surface area contributed by atoms with E-state index in [9.17, 15) is 9.59 Å². The van der Waals surface area contributed by atoms with Gasteiger partial charge in [0.15, 0.2) is 0 Å². The Morgan fingerprint density at radius 1 is 1.28 bits per heavy atom. The van der Waals surface area contributed by atoms with Crippen molar-refractivity contribution in [2.24, 2.45) is 0 Å². The van der Waals surface area contributed by atoms with Crippen LogP contribution < -0.4 is 10.9 Å². The van der Waals surface area contributed by atoms with Crippen molar-refractivity contribution in [3.63, 3.8) is 0 Å². The van der Waals surface area contributed by atoms with Crippen LogP contribution >= 0.6 is 0 Å². The molecule has 0 aliphatic carbocycles. The van der Waals surface area contributed by atoms with Gasteiger partial charge in [0.2, 0.25) is 11.8 Å². The second kappa shape index (κ2) is 8.41. The highest BCUT2D eigenvalue weighted by molar-refractivity contribution is 5.82. The molecule has 0 aromatic carbocycles. The lowest BCUT2D eigenvalue weighted by Gasteiger charge is -2.50. The van der Waals surface area contributed by atoms with Crippen LogP contribution in [0.4, 0.5) is 0 Å². The van der Waals surface area contributed by atoms with Gasteiger partial charge in [0.25, 0.3) is 0 Å². The molecular weight excluding hydrogens is 372 g/mol. The van der Waals surface area contributed by atoms with Crippen LogP contribution in [0.5, 0.6) is 0 Å². The summed E-state index contributed by atoms with van der Waals surface area (Å²) in [7, 11) is 1.55. The summed E-state index contributed by atoms with van der Waals surface area (Å²) >= 11 is 0. The Morgan fingerprint density at radius 3 is 2.79 bits per heavy atom. The number of aromatic nitrogens is 2. The molecule has 3 aliphatic heterocycles. The fourth-order valence-electron chi connectivity index (χ4n) is 5.19. The van der Waals surface area contributed by atoms with Gasteiger partial charge in [0.1, 0.15) is 12.6 Å². The Kier molecular flexibility index (Phi) is 5.89. The molecule has 4 heterocycles. The van der Waals surface area contributed by atoms with Crippen LogP contribution in [0.1, 0.15) is 50.4 Å². The fourth-order valence-corrected chi connectivity index (χ4v) is 5.19. The monoisotopic (exact) mass is 404 g/mol. The molecule has 2 amide bonds. The maximum atomic E-state index is 13.0. The van der Waals surface area contributed by atoms with E-state index < -0.39 is 5.54 Å². The minimum absolute atomic E-state index is 0.00927. The number of H-pyrrole nitrogens is 1. The molecule has 2 saturated heterocycles. The van der Waals surface area contributed by atoms with Crippen molar-refractivity contribution < 1.29 is 14.3 Å². The summed E-state index contributed by atoms with van der Waals surface area (Å²) in [6, 6.07) is 0.191. The van der Waals surface area contributed by atoms with Crippen LogP contribution in [0.3, 0.4) is 0 Å². The summed E-state index contributed by atoms with van der Waals surface area (Å²) in [6.07, 6.45) is 6.88. The molecule has 1 spiro atoms. The van der Waals surface area contributed by atoms with Gasteiger partial charge in [-0.2, -0.15) is 0 Å². The van der Waals surface area contributed by atoms with Gasteiger partial charge in [-0.3, -0.25) is 15.0 Å². The third-order valence-electron chi connectivity index (χ3n) is 6.65. The second-order valence-electron chi connectivity index (χ2n) is 8.38. The lowest BCUT2D eigenvalue weighted by molar-refractivity contribution is -0.148. The van der Waals surface area contributed by atoms with E-state index in [0.717, 1.165) is 37.1 Å². The number of piperidine rings is 1. The van der Waals surface area contributed by atoms with Crippen LogP contribution in [-0.2, 0) is 26.3 Å². The first-order chi connectivity index (χ1) is 14.1. The van der Waals surface area contributed by atoms with E-state index in [1.54, 1.807) is 13.4 Å². The first-order valence-corrected chi connectivity index (χ1v) is 10.7. The third-order valence-corrected chi connectivity index (χ3v) is 6.65. The predicted molar refractivity (Wildman–Crippen MR) is 107 cm³/mol. The highest BCUT2D eigenvalue weighted by Gasteiger charge is 2.49. The van der Waals surface area contributed by atoms with Gasteiger partial charge in [0, 0.05) is 44.9 Å². The van der Waals surface area contributed by atoms with E-state index >= 15 is 0 Å². The second-order valence-corrected chi connectivity index (χ2v) is 8.38. The minimum Gasteiger partial charge on any atom is -0.375 e. The zero-order valence-corrected chi connectivity index (χ0v) is 17.4. The molecule has 1 aromatic rings. The molecule has 160 valence electrons. The molecule has 0 radical (unpaired) electrons. The standard InChI is InChI=1S/C20H32N6O3/c1-3-4-14-11-16(24-23-14)19(28)25-9-6-20(7-10-25)18-15(21-13-22-18)5-8-26(20)17(27)12-29-2/h13-14,16,23-24H,3-12H2,1-2H3,(H,21,22). The average molecular weight is 405 g/mol. The van der Waals surface area contributed by atoms with Crippen molar-refractivity contribution in [1.82, 2.24) is 30.6 Å². The normalized spacial score (nSPS) is 26.0. The highest BCUT2D eigenvalue weighted by Crippen LogP contribution is 2.42. The molecule has 3 aliphatic rings. The van der Waals surface area contributed by atoms with Crippen molar-refractivity contribution in [2.45, 2.75) is 63.1 Å². The van der Waals surface area contributed by atoms with Crippen molar-refractivity contribution in [2.75, 3.05) is 33.4 Å². The Bertz CT molecular complexity index is 742. The molecule has 1 aromatic heterocycles. The summed E-state index contributed by atoms with van der Waals surface area (Å²) in [6.45, 7) is 4.13. The van der Waals surface area contributed by atoms with Crippen LogP contribution in [0.2, 0.25) is 0 Å². The maximum absolute atomic E-state index is 13.0. The number of imidazole rings is 1. The van der Waals surface area contributed by atoms with Gasteiger partial charge in [-0.1, -0.05) is 13.3 Å². The summed E-state index contributed by atoms with van der Waals surface area (Å²) in [4.78, 5) is 37.5. The van der Waals surface area contributed by atoms with Gasteiger partial charge in [-0.25, -0.2) is 10.4 Å². The summed E-state index contributed by atoms with van der Waals surface area (Å²) < 4.78 is 5.12. The van der Waals surface area contributed by atoms with Crippen molar-refractivity contribution in [3.8, 4) is 0 Å². The van der Waals surface area contributed by atoms with Crippen LogP contribution in [0.25, 0.3) is 0 Å².